The minimum atomic E-state index is 0.781. The monoisotopic (exact) mass is 793 g/mol. The molecule has 6 heteroatoms. The third-order valence-electron chi connectivity index (χ3n) is 12.4. The predicted octanol–water partition coefficient (Wildman–Crippen LogP) is 14.4. The van der Waals surface area contributed by atoms with Crippen molar-refractivity contribution in [2.24, 2.45) is 0 Å². The van der Waals surface area contributed by atoms with Crippen molar-refractivity contribution < 1.29 is 4.42 Å². The number of nitrogens with zero attached hydrogens (tertiary/aromatic N) is 5. The summed E-state index contributed by atoms with van der Waals surface area (Å²) in [7, 11) is 0. The first-order chi connectivity index (χ1) is 30.8. The fraction of sp³-hybridized carbons (Fsp3) is 0. The largest absolute Gasteiger partial charge is 0.456 e. The van der Waals surface area contributed by atoms with E-state index in [2.05, 4.69) is 208 Å². The van der Waals surface area contributed by atoms with E-state index in [-0.39, 0.29) is 0 Å². The maximum atomic E-state index is 6.40. The first-order valence-corrected chi connectivity index (χ1v) is 20.9. The van der Waals surface area contributed by atoms with Crippen LogP contribution in [0.2, 0.25) is 0 Å². The van der Waals surface area contributed by atoms with Gasteiger partial charge in [-0.15, -0.1) is 10.2 Å². The second-order valence-electron chi connectivity index (χ2n) is 15.8. The lowest BCUT2D eigenvalue weighted by Gasteiger charge is -2.17. The summed E-state index contributed by atoms with van der Waals surface area (Å²) in [6.45, 7) is 0. The van der Waals surface area contributed by atoms with Gasteiger partial charge in [0.25, 0.3) is 0 Å². The molecular formula is C56H35N5O. The fourth-order valence-electron chi connectivity index (χ4n) is 9.77. The minimum Gasteiger partial charge on any atom is -0.456 e. The Labute approximate surface area is 355 Å². The molecule has 0 aliphatic carbocycles. The summed E-state index contributed by atoms with van der Waals surface area (Å²) >= 11 is 0. The molecule has 0 N–H and O–H groups in total. The Balaban J connectivity index is 1.06. The van der Waals surface area contributed by atoms with Gasteiger partial charge in [-0.25, -0.2) is 0 Å². The van der Waals surface area contributed by atoms with Gasteiger partial charge in [-0.2, -0.15) is 0 Å². The molecule has 62 heavy (non-hydrogen) atoms. The van der Waals surface area contributed by atoms with Gasteiger partial charge in [0.1, 0.15) is 11.2 Å². The first kappa shape index (κ1) is 34.4. The average Bonchev–Trinajstić information content (AvgIpc) is 4.12. The van der Waals surface area contributed by atoms with Crippen LogP contribution in [0, 0.1) is 0 Å². The zero-order valence-corrected chi connectivity index (χ0v) is 33.4. The fourth-order valence-corrected chi connectivity index (χ4v) is 9.77. The summed E-state index contributed by atoms with van der Waals surface area (Å²) in [6.07, 6.45) is 0. The molecule has 4 heterocycles. The van der Waals surface area contributed by atoms with E-state index in [1.807, 2.05) is 18.2 Å². The molecule has 6 nitrogen and oxygen atoms in total. The van der Waals surface area contributed by atoms with Crippen molar-refractivity contribution in [1.29, 1.82) is 0 Å². The molecule has 9 aromatic carbocycles. The van der Waals surface area contributed by atoms with Gasteiger partial charge in [0.2, 0.25) is 0 Å². The molecule has 0 saturated carbocycles. The van der Waals surface area contributed by atoms with Gasteiger partial charge in [0.15, 0.2) is 11.6 Å². The van der Waals surface area contributed by atoms with Crippen molar-refractivity contribution >= 4 is 65.6 Å². The molecule has 13 rings (SSSR count). The van der Waals surface area contributed by atoms with Crippen molar-refractivity contribution in [3.63, 3.8) is 0 Å². The average molecular weight is 794 g/mol. The highest BCUT2D eigenvalue weighted by atomic mass is 16.3. The van der Waals surface area contributed by atoms with Crippen LogP contribution < -0.4 is 0 Å². The second-order valence-corrected chi connectivity index (χ2v) is 15.8. The molecule has 0 aliphatic heterocycles. The summed E-state index contributed by atoms with van der Waals surface area (Å²) in [5, 5.41) is 16.7. The van der Waals surface area contributed by atoms with Crippen LogP contribution in [0.4, 0.5) is 0 Å². The van der Waals surface area contributed by atoms with E-state index in [1.165, 1.54) is 16.2 Å². The molecule has 0 atom stereocenters. The molecule has 13 aromatic rings. The van der Waals surface area contributed by atoms with Crippen LogP contribution in [-0.2, 0) is 0 Å². The topological polar surface area (TPSA) is 53.7 Å². The quantitative estimate of drug-likeness (QED) is 0.168. The van der Waals surface area contributed by atoms with E-state index < -0.39 is 0 Å². The Morgan fingerprint density at radius 2 is 0.919 bits per heavy atom. The van der Waals surface area contributed by atoms with Crippen molar-refractivity contribution in [2.45, 2.75) is 0 Å². The van der Waals surface area contributed by atoms with Crippen LogP contribution in [0.3, 0.4) is 0 Å². The third-order valence-corrected chi connectivity index (χ3v) is 12.4. The van der Waals surface area contributed by atoms with Gasteiger partial charge in [-0.3, -0.25) is 4.57 Å². The highest BCUT2D eigenvalue weighted by molar-refractivity contribution is 6.27. The molecule has 0 radical (unpaired) electrons. The lowest BCUT2D eigenvalue weighted by Crippen LogP contribution is -2.04. The number of aromatic nitrogens is 5. The number of hydrogen-bond acceptors (Lipinski definition) is 3. The number of furan rings is 1. The number of hydrogen-bond donors (Lipinski definition) is 0. The minimum absolute atomic E-state index is 0.781. The van der Waals surface area contributed by atoms with Crippen LogP contribution in [-0.4, -0.2) is 23.9 Å². The van der Waals surface area contributed by atoms with Crippen LogP contribution in [0.15, 0.2) is 217 Å². The van der Waals surface area contributed by atoms with Crippen LogP contribution in [0.1, 0.15) is 0 Å². The Kier molecular flexibility index (Phi) is 7.50. The van der Waals surface area contributed by atoms with Crippen LogP contribution >= 0.6 is 0 Å². The van der Waals surface area contributed by atoms with Crippen molar-refractivity contribution in [3.8, 4) is 51.0 Å². The zero-order chi connectivity index (χ0) is 40.7. The van der Waals surface area contributed by atoms with E-state index >= 15 is 0 Å². The first-order valence-electron chi connectivity index (χ1n) is 20.9. The van der Waals surface area contributed by atoms with Crippen molar-refractivity contribution in [3.05, 3.63) is 212 Å². The van der Waals surface area contributed by atoms with E-state index in [0.717, 1.165) is 100 Å². The second kappa shape index (κ2) is 13.5. The Hall–Kier alpha value is -8.48. The third kappa shape index (κ3) is 5.04. The van der Waals surface area contributed by atoms with Gasteiger partial charge in [-0.05, 0) is 60.2 Å². The van der Waals surface area contributed by atoms with E-state index in [4.69, 9.17) is 14.6 Å². The van der Waals surface area contributed by atoms with Gasteiger partial charge in [-0.1, -0.05) is 158 Å². The van der Waals surface area contributed by atoms with E-state index in [1.54, 1.807) is 0 Å². The van der Waals surface area contributed by atoms with Gasteiger partial charge in [0.05, 0.1) is 33.4 Å². The molecule has 0 bridgehead atoms. The molecule has 0 fully saturated rings. The van der Waals surface area contributed by atoms with E-state index in [0.29, 0.717) is 0 Å². The van der Waals surface area contributed by atoms with Gasteiger partial charge in [0, 0.05) is 54.7 Å². The van der Waals surface area contributed by atoms with Gasteiger partial charge < -0.3 is 13.6 Å². The number of para-hydroxylation sites is 5. The van der Waals surface area contributed by atoms with E-state index in [9.17, 15) is 0 Å². The molecule has 290 valence electrons. The predicted molar refractivity (Wildman–Crippen MR) is 254 cm³/mol. The van der Waals surface area contributed by atoms with Crippen LogP contribution in [0.5, 0.6) is 0 Å². The highest BCUT2D eigenvalue weighted by Gasteiger charge is 2.24. The van der Waals surface area contributed by atoms with Gasteiger partial charge >= 0.3 is 0 Å². The summed E-state index contributed by atoms with van der Waals surface area (Å²) in [6, 6.07) is 75.1. The lowest BCUT2D eigenvalue weighted by molar-refractivity contribution is 0.669. The molecular weight excluding hydrogens is 759 g/mol. The summed E-state index contributed by atoms with van der Waals surface area (Å²) in [4.78, 5) is 0. The Bertz CT molecular complexity index is 3810. The van der Waals surface area contributed by atoms with Crippen molar-refractivity contribution in [1.82, 2.24) is 23.9 Å². The highest BCUT2D eigenvalue weighted by Crippen LogP contribution is 2.44. The molecule has 0 unspecified atom stereocenters. The maximum Gasteiger partial charge on any atom is 0.168 e. The SMILES string of the molecule is c1ccc(-c2nnc(-c3ccccc3)n2-c2cccc3c4ccccc4n(-c4cccc(-c5ccccc5-n5c6ccccc6c6c7c(ccc65)oc5ccccc57)c4)c23)cc1. The number of fused-ring (bicyclic) bond motifs is 10. The number of benzene rings is 9. The standard InChI is InChI=1S/C56H35N5O/c1-3-17-36(18-4-1)55-57-58-56(37-19-5-2-6-20-37)61(55)49-31-16-27-42-41-24-8-12-29-46(41)59(54(42)49)39-22-15-21-38(35-39)40-23-7-11-28-45(40)60-47-30-13-9-25-43(47)52-48(60)33-34-51-53(52)44-26-10-14-32-50(44)62-51/h1-35H. The smallest absolute Gasteiger partial charge is 0.168 e. The Morgan fingerprint density at radius 1 is 0.339 bits per heavy atom. The zero-order valence-electron chi connectivity index (χ0n) is 33.4. The molecule has 0 saturated heterocycles. The van der Waals surface area contributed by atoms with Crippen LogP contribution in [0.25, 0.3) is 117 Å². The maximum absolute atomic E-state index is 6.40. The lowest BCUT2D eigenvalue weighted by atomic mass is 10.0. The van der Waals surface area contributed by atoms with Crippen molar-refractivity contribution in [2.75, 3.05) is 0 Å². The molecule has 0 aliphatic rings. The summed E-state index contributed by atoms with van der Waals surface area (Å²) in [5.74, 6) is 1.56. The summed E-state index contributed by atoms with van der Waals surface area (Å²) in [5.41, 5.74) is 13.7. The molecule has 0 spiro atoms. The summed E-state index contributed by atoms with van der Waals surface area (Å²) < 4.78 is 13.5. The molecule has 0 amide bonds. The Morgan fingerprint density at radius 3 is 1.69 bits per heavy atom. The number of rotatable bonds is 6. The normalized spacial score (nSPS) is 11.9. The molecule has 4 aromatic heterocycles.